The first-order valence-electron chi connectivity index (χ1n) is 6.22. The van der Waals surface area contributed by atoms with E-state index in [0.717, 1.165) is 34.1 Å². The molecule has 0 atom stereocenters. The normalized spacial score (nSPS) is 10.5. The van der Waals surface area contributed by atoms with Crippen LogP contribution in [0.15, 0.2) is 24.3 Å². The molecule has 2 rings (SSSR count). The highest BCUT2D eigenvalue weighted by molar-refractivity contribution is 6.31. The lowest BCUT2D eigenvalue weighted by molar-refractivity contribution is 0.888. The maximum Gasteiger partial charge on any atom is 0.146 e. The third kappa shape index (κ3) is 3.03. The Labute approximate surface area is 118 Å². The van der Waals surface area contributed by atoms with Crippen molar-refractivity contribution in [2.24, 2.45) is 5.84 Å². The van der Waals surface area contributed by atoms with Crippen molar-refractivity contribution in [2.45, 2.75) is 26.7 Å². The number of anilines is 1. The summed E-state index contributed by atoms with van der Waals surface area (Å²) in [5.41, 5.74) is 5.64. The third-order valence-electron chi connectivity index (χ3n) is 3.07. The van der Waals surface area contributed by atoms with Gasteiger partial charge in [0.15, 0.2) is 0 Å². The van der Waals surface area contributed by atoms with Crippen LogP contribution in [-0.4, -0.2) is 9.97 Å². The first-order chi connectivity index (χ1) is 9.15. The van der Waals surface area contributed by atoms with Gasteiger partial charge in [-0.1, -0.05) is 36.7 Å². The van der Waals surface area contributed by atoms with Crippen molar-refractivity contribution in [3.63, 3.8) is 0 Å². The molecular formula is C14H17ClN4. The van der Waals surface area contributed by atoms with E-state index in [1.807, 2.05) is 31.2 Å². The number of aromatic nitrogens is 2. The molecule has 0 aliphatic carbocycles. The zero-order valence-corrected chi connectivity index (χ0v) is 11.8. The van der Waals surface area contributed by atoms with Gasteiger partial charge in [0.2, 0.25) is 0 Å². The molecule has 0 aliphatic rings. The average Bonchev–Trinajstić information content (AvgIpc) is 2.43. The van der Waals surface area contributed by atoms with Gasteiger partial charge < -0.3 is 5.43 Å². The first kappa shape index (κ1) is 13.8. The highest BCUT2D eigenvalue weighted by atomic mass is 35.5. The number of nitrogen functional groups attached to an aromatic ring is 1. The van der Waals surface area contributed by atoms with E-state index in [4.69, 9.17) is 17.4 Å². The Morgan fingerprint density at radius 1 is 1.26 bits per heavy atom. The summed E-state index contributed by atoms with van der Waals surface area (Å²) in [5, 5.41) is 0.729. The number of nitrogens with one attached hydrogen (secondary N) is 1. The Balaban J connectivity index is 2.38. The van der Waals surface area contributed by atoms with Gasteiger partial charge in [-0.2, -0.15) is 0 Å². The maximum atomic E-state index is 6.16. The van der Waals surface area contributed by atoms with Crippen LogP contribution in [0, 0.1) is 6.92 Å². The molecule has 2 aromatic rings. The van der Waals surface area contributed by atoms with Gasteiger partial charge >= 0.3 is 0 Å². The van der Waals surface area contributed by atoms with Gasteiger partial charge in [-0.25, -0.2) is 15.8 Å². The molecule has 0 amide bonds. The van der Waals surface area contributed by atoms with Gasteiger partial charge in [0, 0.05) is 22.7 Å². The Hall–Kier alpha value is -1.65. The van der Waals surface area contributed by atoms with Gasteiger partial charge in [0.1, 0.15) is 11.6 Å². The molecule has 1 aromatic heterocycles. The average molecular weight is 277 g/mol. The van der Waals surface area contributed by atoms with E-state index in [9.17, 15) is 0 Å². The van der Waals surface area contributed by atoms with Crippen LogP contribution in [0.1, 0.15) is 29.6 Å². The van der Waals surface area contributed by atoms with Gasteiger partial charge in [-0.3, -0.25) is 0 Å². The molecular weight excluding hydrogens is 260 g/mol. The van der Waals surface area contributed by atoms with Crippen LogP contribution in [0.25, 0.3) is 0 Å². The van der Waals surface area contributed by atoms with Crippen LogP contribution in [0.3, 0.4) is 0 Å². The molecule has 0 saturated carbocycles. The van der Waals surface area contributed by atoms with Crippen LogP contribution in [-0.2, 0) is 12.8 Å². The fraction of sp³-hybridized carbons (Fsp3) is 0.286. The quantitative estimate of drug-likeness (QED) is 0.666. The van der Waals surface area contributed by atoms with Crippen molar-refractivity contribution in [1.29, 1.82) is 0 Å². The summed E-state index contributed by atoms with van der Waals surface area (Å²) in [7, 11) is 0. The molecule has 0 unspecified atom stereocenters. The van der Waals surface area contributed by atoms with E-state index >= 15 is 0 Å². The molecule has 0 fully saturated rings. The Kier molecular flexibility index (Phi) is 4.35. The van der Waals surface area contributed by atoms with E-state index in [1.165, 1.54) is 0 Å². The van der Waals surface area contributed by atoms with Crippen molar-refractivity contribution >= 4 is 17.4 Å². The second-order valence-corrected chi connectivity index (χ2v) is 4.73. The molecule has 19 heavy (non-hydrogen) atoms. The van der Waals surface area contributed by atoms with Crippen LogP contribution >= 0.6 is 11.6 Å². The van der Waals surface area contributed by atoms with Gasteiger partial charge in [0.05, 0.1) is 0 Å². The van der Waals surface area contributed by atoms with E-state index in [-0.39, 0.29) is 0 Å². The lowest BCUT2D eigenvalue weighted by Crippen LogP contribution is -2.14. The number of hydrogen-bond acceptors (Lipinski definition) is 4. The number of benzene rings is 1. The standard InChI is InChI=1S/C14H17ClN4/c1-3-12-9(2)14(19-16)18-13(17-12)8-10-6-4-5-7-11(10)15/h4-7H,3,8,16H2,1-2H3,(H,17,18,19). The fourth-order valence-electron chi connectivity index (χ4n) is 1.99. The SMILES string of the molecule is CCc1nc(Cc2ccccc2Cl)nc(NN)c1C. The molecule has 100 valence electrons. The second-order valence-electron chi connectivity index (χ2n) is 4.33. The van der Waals surface area contributed by atoms with E-state index in [1.54, 1.807) is 0 Å². The summed E-state index contributed by atoms with van der Waals surface area (Å²) in [6, 6.07) is 7.71. The monoisotopic (exact) mass is 276 g/mol. The highest BCUT2D eigenvalue weighted by Gasteiger charge is 2.10. The summed E-state index contributed by atoms with van der Waals surface area (Å²) in [6.07, 6.45) is 1.44. The van der Waals surface area contributed by atoms with Crippen LogP contribution in [0.2, 0.25) is 5.02 Å². The van der Waals surface area contributed by atoms with Crippen LogP contribution in [0.5, 0.6) is 0 Å². The Morgan fingerprint density at radius 2 is 2.00 bits per heavy atom. The molecule has 0 bridgehead atoms. The number of nitrogens with two attached hydrogens (primary N) is 1. The van der Waals surface area contributed by atoms with Gasteiger partial charge in [-0.05, 0) is 25.0 Å². The number of aryl methyl sites for hydroxylation is 1. The first-order valence-corrected chi connectivity index (χ1v) is 6.60. The lowest BCUT2D eigenvalue weighted by atomic mass is 10.1. The predicted molar refractivity (Wildman–Crippen MR) is 78.2 cm³/mol. The fourth-order valence-corrected chi connectivity index (χ4v) is 2.19. The molecule has 0 radical (unpaired) electrons. The second kappa shape index (κ2) is 5.99. The maximum absolute atomic E-state index is 6.16. The Morgan fingerprint density at radius 3 is 2.63 bits per heavy atom. The van der Waals surface area contributed by atoms with Crippen molar-refractivity contribution in [3.8, 4) is 0 Å². The predicted octanol–water partition coefficient (Wildman–Crippen LogP) is 2.88. The number of hydrazine groups is 1. The van der Waals surface area contributed by atoms with Gasteiger partial charge in [0.25, 0.3) is 0 Å². The highest BCUT2D eigenvalue weighted by Crippen LogP contribution is 2.20. The largest absolute Gasteiger partial charge is 0.308 e. The minimum Gasteiger partial charge on any atom is -0.308 e. The molecule has 4 nitrogen and oxygen atoms in total. The minimum absolute atomic E-state index is 0.599. The summed E-state index contributed by atoms with van der Waals surface area (Å²) < 4.78 is 0. The molecule has 0 saturated heterocycles. The minimum atomic E-state index is 0.599. The van der Waals surface area contributed by atoms with Crippen LogP contribution in [0.4, 0.5) is 5.82 Å². The number of halogens is 1. The summed E-state index contributed by atoms with van der Waals surface area (Å²) in [5.74, 6) is 6.90. The summed E-state index contributed by atoms with van der Waals surface area (Å²) >= 11 is 6.16. The Bertz CT molecular complexity index is 558. The zero-order valence-electron chi connectivity index (χ0n) is 11.1. The zero-order chi connectivity index (χ0) is 13.8. The van der Waals surface area contributed by atoms with E-state index in [2.05, 4.69) is 22.3 Å². The summed E-state index contributed by atoms with van der Waals surface area (Å²) in [6.45, 7) is 4.03. The van der Waals surface area contributed by atoms with Crippen molar-refractivity contribution in [1.82, 2.24) is 9.97 Å². The van der Waals surface area contributed by atoms with Crippen LogP contribution < -0.4 is 11.3 Å². The van der Waals surface area contributed by atoms with Gasteiger partial charge in [-0.15, -0.1) is 0 Å². The summed E-state index contributed by atoms with van der Waals surface area (Å²) in [4.78, 5) is 9.00. The topological polar surface area (TPSA) is 63.8 Å². The van der Waals surface area contributed by atoms with Crippen molar-refractivity contribution in [2.75, 3.05) is 5.43 Å². The molecule has 1 heterocycles. The van der Waals surface area contributed by atoms with E-state index < -0.39 is 0 Å². The molecule has 0 spiro atoms. The molecule has 1 aromatic carbocycles. The van der Waals surface area contributed by atoms with Crippen molar-refractivity contribution in [3.05, 3.63) is 51.9 Å². The lowest BCUT2D eigenvalue weighted by Gasteiger charge is -2.11. The number of rotatable bonds is 4. The molecule has 0 aliphatic heterocycles. The smallest absolute Gasteiger partial charge is 0.146 e. The molecule has 5 heteroatoms. The number of hydrogen-bond donors (Lipinski definition) is 2. The third-order valence-corrected chi connectivity index (χ3v) is 3.44. The molecule has 3 N–H and O–H groups in total. The number of nitrogens with zero attached hydrogens (tertiary/aromatic N) is 2. The van der Waals surface area contributed by atoms with Crippen molar-refractivity contribution < 1.29 is 0 Å². The van der Waals surface area contributed by atoms with E-state index in [0.29, 0.717) is 12.2 Å².